The fourth-order valence-corrected chi connectivity index (χ4v) is 4.14. The van der Waals surface area contributed by atoms with Crippen LogP contribution in [0.2, 0.25) is 0 Å². The average Bonchev–Trinajstić information content (AvgIpc) is 2.75. The number of rotatable bonds is 3. The summed E-state index contributed by atoms with van der Waals surface area (Å²) in [4.78, 5) is 5.36. The van der Waals surface area contributed by atoms with Gasteiger partial charge in [0, 0.05) is 25.2 Å². The van der Waals surface area contributed by atoms with Gasteiger partial charge in [0.15, 0.2) is 0 Å². The topological polar surface area (TPSA) is 32.5 Å². The summed E-state index contributed by atoms with van der Waals surface area (Å²) < 4.78 is 0. The van der Waals surface area contributed by atoms with E-state index in [4.69, 9.17) is 5.73 Å². The third-order valence-electron chi connectivity index (χ3n) is 5.27. The van der Waals surface area contributed by atoms with E-state index in [0.717, 1.165) is 24.5 Å². The Balaban J connectivity index is 2.10. The largest absolute Gasteiger partial charge is 0.330 e. The first-order valence-electron chi connectivity index (χ1n) is 8.40. The van der Waals surface area contributed by atoms with Crippen molar-refractivity contribution in [3.63, 3.8) is 0 Å². The van der Waals surface area contributed by atoms with E-state index < -0.39 is 0 Å². The number of likely N-dealkylation sites (N-methyl/N-ethyl adjacent to an activating group) is 1. The minimum absolute atomic E-state index is 0.736. The second-order valence-corrected chi connectivity index (χ2v) is 6.62. The third-order valence-corrected chi connectivity index (χ3v) is 5.27. The number of nitrogens with zero attached hydrogens (tertiary/aromatic N) is 2. The highest BCUT2D eigenvalue weighted by Crippen LogP contribution is 2.30. The van der Waals surface area contributed by atoms with Gasteiger partial charge < -0.3 is 10.6 Å². The van der Waals surface area contributed by atoms with Crippen LogP contribution >= 0.6 is 0 Å². The van der Waals surface area contributed by atoms with Gasteiger partial charge in [0.2, 0.25) is 0 Å². The second-order valence-electron chi connectivity index (χ2n) is 6.62. The summed E-state index contributed by atoms with van der Waals surface area (Å²) in [6, 6.07) is 1.49. The van der Waals surface area contributed by atoms with E-state index >= 15 is 0 Å². The molecule has 2 N–H and O–H groups in total. The molecule has 1 saturated heterocycles. The molecule has 1 heterocycles. The van der Waals surface area contributed by atoms with Gasteiger partial charge in [0.1, 0.15) is 0 Å². The molecule has 0 aromatic carbocycles. The molecule has 1 aliphatic heterocycles. The molecule has 0 amide bonds. The summed E-state index contributed by atoms with van der Waals surface area (Å²) >= 11 is 0. The quantitative estimate of drug-likeness (QED) is 0.797. The van der Waals surface area contributed by atoms with Crippen LogP contribution in [0.1, 0.15) is 51.9 Å². The lowest BCUT2D eigenvalue weighted by atomic mass is 9.91. The SMILES string of the molecule is CCC1CN(C)CCCN1C1CCCCCC1CN. The van der Waals surface area contributed by atoms with Crippen LogP contribution in [-0.2, 0) is 0 Å². The molecule has 2 fully saturated rings. The van der Waals surface area contributed by atoms with Gasteiger partial charge in [-0.2, -0.15) is 0 Å². The van der Waals surface area contributed by atoms with Crippen LogP contribution in [0.25, 0.3) is 0 Å². The Hall–Kier alpha value is -0.120. The Kier molecular flexibility index (Phi) is 6.11. The van der Waals surface area contributed by atoms with Crippen molar-refractivity contribution in [3.05, 3.63) is 0 Å². The lowest BCUT2D eigenvalue weighted by Crippen LogP contribution is -2.50. The standard InChI is InChI=1S/C16H33N3/c1-3-15-13-18(2)10-7-11-19(15)16-9-6-4-5-8-14(16)12-17/h14-16H,3-13,17H2,1-2H3. The van der Waals surface area contributed by atoms with Gasteiger partial charge in [0.25, 0.3) is 0 Å². The monoisotopic (exact) mass is 267 g/mol. The lowest BCUT2D eigenvalue weighted by molar-refractivity contribution is 0.0849. The van der Waals surface area contributed by atoms with Crippen LogP contribution in [0.3, 0.4) is 0 Å². The number of nitrogens with two attached hydrogens (primary N) is 1. The molecule has 2 rings (SSSR count). The van der Waals surface area contributed by atoms with E-state index in [1.165, 1.54) is 64.6 Å². The normalized spacial score (nSPS) is 35.8. The zero-order valence-corrected chi connectivity index (χ0v) is 13.0. The van der Waals surface area contributed by atoms with Crippen molar-refractivity contribution >= 4 is 0 Å². The zero-order valence-electron chi connectivity index (χ0n) is 13.0. The molecule has 0 radical (unpaired) electrons. The Morgan fingerprint density at radius 1 is 1.05 bits per heavy atom. The first kappa shape index (κ1) is 15.3. The highest BCUT2D eigenvalue weighted by atomic mass is 15.3. The molecule has 19 heavy (non-hydrogen) atoms. The van der Waals surface area contributed by atoms with Crippen molar-refractivity contribution in [1.82, 2.24) is 9.80 Å². The Morgan fingerprint density at radius 3 is 2.58 bits per heavy atom. The molecule has 1 saturated carbocycles. The predicted octanol–water partition coefficient (Wildman–Crippen LogP) is 2.31. The van der Waals surface area contributed by atoms with E-state index in [1.807, 2.05) is 0 Å². The second kappa shape index (κ2) is 7.61. The summed E-state index contributed by atoms with van der Waals surface area (Å²) in [5, 5.41) is 0. The Morgan fingerprint density at radius 2 is 1.84 bits per heavy atom. The number of hydrogen-bond acceptors (Lipinski definition) is 3. The maximum atomic E-state index is 6.09. The van der Waals surface area contributed by atoms with Crippen molar-refractivity contribution in [3.8, 4) is 0 Å². The molecule has 112 valence electrons. The van der Waals surface area contributed by atoms with E-state index in [-0.39, 0.29) is 0 Å². The molecule has 0 bridgehead atoms. The summed E-state index contributed by atoms with van der Waals surface area (Å²) in [5.41, 5.74) is 6.09. The molecule has 0 aromatic rings. The molecular weight excluding hydrogens is 234 g/mol. The maximum Gasteiger partial charge on any atom is 0.0223 e. The molecule has 1 aliphatic carbocycles. The maximum absolute atomic E-state index is 6.09. The summed E-state index contributed by atoms with van der Waals surface area (Å²) in [7, 11) is 2.28. The van der Waals surface area contributed by atoms with E-state index in [1.54, 1.807) is 0 Å². The van der Waals surface area contributed by atoms with Gasteiger partial charge in [-0.1, -0.05) is 26.2 Å². The molecule has 3 atom stereocenters. The van der Waals surface area contributed by atoms with Crippen LogP contribution in [0.4, 0.5) is 0 Å². The molecule has 3 nitrogen and oxygen atoms in total. The molecule has 3 heteroatoms. The minimum atomic E-state index is 0.736. The van der Waals surface area contributed by atoms with Gasteiger partial charge >= 0.3 is 0 Å². The van der Waals surface area contributed by atoms with Crippen molar-refractivity contribution in [2.45, 2.75) is 64.0 Å². The minimum Gasteiger partial charge on any atom is -0.330 e. The highest BCUT2D eigenvalue weighted by Gasteiger charge is 2.33. The average molecular weight is 267 g/mol. The molecular formula is C16H33N3. The molecule has 0 aromatic heterocycles. The fourth-order valence-electron chi connectivity index (χ4n) is 4.14. The van der Waals surface area contributed by atoms with Crippen LogP contribution in [-0.4, -0.2) is 55.1 Å². The number of hydrogen-bond donors (Lipinski definition) is 1. The lowest BCUT2D eigenvalue weighted by Gasteiger charge is -2.40. The molecule has 0 spiro atoms. The molecule has 2 aliphatic rings. The van der Waals surface area contributed by atoms with Crippen molar-refractivity contribution in [2.75, 3.05) is 33.2 Å². The molecule has 3 unspecified atom stereocenters. The van der Waals surface area contributed by atoms with E-state index in [0.29, 0.717) is 0 Å². The van der Waals surface area contributed by atoms with Gasteiger partial charge in [0.05, 0.1) is 0 Å². The first-order chi connectivity index (χ1) is 9.26. The summed E-state index contributed by atoms with van der Waals surface area (Å²) in [6.45, 7) is 7.01. The van der Waals surface area contributed by atoms with Crippen molar-refractivity contribution in [1.29, 1.82) is 0 Å². The Bertz CT molecular complexity index is 256. The van der Waals surface area contributed by atoms with Crippen molar-refractivity contribution < 1.29 is 0 Å². The highest BCUT2D eigenvalue weighted by molar-refractivity contribution is 4.88. The third kappa shape index (κ3) is 3.93. The zero-order chi connectivity index (χ0) is 13.7. The van der Waals surface area contributed by atoms with Gasteiger partial charge in [-0.05, 0) is 51.7 Å². The smallest absolute Gasteiger partial charge is 0.0223 e. The van der Waals surface area contributed by atoms with Gasteiger partial charge in [-0.15, -0.1) is 0 Å². The first-order valence-corrected chi connectivity index (χ1v) is 8.40. The van der Waals surface area contributed by atoms with Crippen molar-refractivity contribution in [2.24, 2.45) is 11.7 Å². The fraction of sp³-hybridized carbons (Fsp3) is 1.00. The van der Waals surface area contributed by atoms with Crippen LogP contribution in [0.15, 0.2) is 0 Å². The summed E-state index contributed by atoms with van der Waals surface area (Å²) in [5.74, 6) is 0.736. The van der Waals surface area contributed by atoms with Crippen LogP contribution in [0.5, 0.6) is 0 Å². The summed E-state index contributed by atoms with van der Waals surface area (Å²) in [6.07, 6.45) is 9.54. The predicted molar refractivity (Wildman–Crippen MR) is 82.3 cm³/mol. The van der Waals surface area contributed by atoms with Gasteiger partial charge in [-0.25, -0.2) is 0 Å². The van der Waals surface area contributed by atoms with Crippen LogP contribution < -0.4 is 5.73 Å². The Labute approximate surface area is 119 Å². The van der Waals surface area contributed by atoms with E-state index in [2.05, 4.69) is 23.8 Å². The van der Waals surface area contributed by atoms with Gasteiger partial charge in [-0.3, -0.25) is 4.90 Å². The van der Waals surface area contributed by atoms with Crippen LogP contribution in [0, 0.1) is 5.92 Å². The van der Waals surface area contributed by atoms with E-state index in [9.17, 15) is 0 Å².